The molecule has 0 heterocycles. The second-order valence-electron chi connectivity index (χ2n) is 4.43. The molecule has 3 nitrogen and oxygen atoms in total. The summed E-state index contributed by atoms with van der Waals surface area (Å²) in [5.74, 6) is 0.702. The average Bonchev–Trinajstić information content (AvgIpc) is 2.38. The quantitative estimate of drug-likeness (QED) is 0.494. The monoisotopic (exact) mass is 406 g/mol. The van der Waals surface area contributed by atoms with E-state index in [0.717, 1.165) is 21.8 Å². The summed E-state index contributed by atoms with van der Waals surface area (Å²) in [7, 11) is 0. The van der Waals surface area contributed by atoms with Gasteiger partial charge in [-0.2, -0.15) is 0 Å². The lowest BCUT2D eigenvalue weighted by Crippen LogP contribution is -2.23. The number of aliphatic hydroxyl groups excluding tert-OH is 1. The highest BCUT2D eigenvalue weighted by Crippen LogP contribution is 2.35. The van der Waals surface area contributed by atoms with Crippen molar-refractivity contribution in [2.24, 2.45) is 0 Å². The van der Waals surface area contributed by atoms with Crippen LogP contribution in [0.25, 0.3) is 0 Å². The average molecular weight is 408 g/mol. The first-order chi connectivity index (χ1) is 9.58. The molecule has 0 aliphatic carbocycles. The molecule has 1 atom stereocenters. The highest BCUT2D eigenvalue weighted by Gasteiger charge is 2.11. The minimum absolute atomic E-state index is 0.182. The van der Waals surface area contributed by atoms with Crippen LogP contribution in [0.5, 0.6) is 5.75 Å². The highest BCUT2D eigenvalue weighted by molar-refractivity contribution is 9.11. The summed E-state index contributed by atoms with van der Waals surface area (Å²) in [5, 5.41) is 9.74. The van der Waals surface area contributed by atoms with Gasteiger partial charge in [0.1, 0.15) is 18.5 Å². The Hall–Kier alpha value is -0.360. The third-order valence-corrected chi connectivity index (χ3v) is 3.74. The Morgan fingerprint density at radius 2 is 1.95 bits per heavy atom. The second kappa shape index (κ2) is 9.55. The largest absolute Gasteiger partial charge is 0.488 e. The summed E-state index contributed by atoms with van der Waals surface area (Å²) in [6.45, 7) is 6.53. The summed E-state index contributed by atoms with van der Waals surface area (Å²) in [6.07, 6.45) is 3.10. The predicted octanol–water partition coefficient (Wildman–Crippen LogP) is 4.11. The molecule has 0 saturated carbocycles. The van der Waals surface area contributed by atoms with E-state index in [1.54, 1.807) is 6.08 Å². The molecular weight excluding hydrogens is 388 g/mol. The van der Waals surface area contributed by atoms with Gasteiger partial charge in [0.25, 0.3) is 0 Å². The Bertz CT molecular complexity index is 412. The molecular formula is C15H20Br2O3. The van der Waals surface area contributed by atoms with Crippen LogP contribution in [0.1, 0.15) is 18.9 Å². The zero-order valence-electron chi connectivity index (χ0n) is 11.6. The third kappa shape index (κ3) is 5.95. The first-order valence-corrected chi connectivity index (χ1v) is 8.14. The maximum Gasteiger partial charge on any atom is 0.147 e. The number of hydrogen-bond donors (Lipinski definition) is 1. The molecule has 0 aliphatic rings. The third-order valence-electron chi connectivity index (χ3n) is 2.56. The van der Waals surface area contributed by atoms with Crippen LogP contribution in [0.2, 0.25) is 0 Å². The van der Waals surface area contributed by atoms with Crippen molar-refractivity contribution in [2.75, 3.05) is 19.8 Å². The molecule has 0 bridgehead atoms. The standard InChI is InChI=1S/C15H20Br2O3/c1-3-5-11-7-13(16)15(14(17)8-11)20-10-12(18)9-19-6-4-2/h4,7-8,12,18H,2-3,5-6,9-10H2,1H3. The molecule has 0 saturated heterocycles. The molecule has 0 aliphatic heterocycles. The van der Waals surface area contributed by atoms with Gasteiger partial charge in [-0.3, -0.25) is 0 Å². The molecule has 1 aromatic carbocycles. The van der Waals surface area contributed by atoms with Gasteiger partial charge < -0.3 is 14.6 Å². The Kier molecular flexibility index (Phi) is 8.45. The van der Waals surface area contributed by atoms with Gasteiger partial charge in [-0.15, -0.1) is 6.58 Å². The van der Waals surface area contributed by atoms with Gasteiger partial charge in [-0.25, -0.2) is 0 Å². The molecule has 1 N–H and O–H groups in total. The number of benzene rings is 1. The SMILES string of the molecule is C=CCOCC(O)COc1c(Br)cc(CCC)cc1Br. The van der Waals surface area contributed by atoms with Crippen molar-refractivity contribution in [1.29, 1.82) is 0 Å². The number of aryl methyl sites for hydroxylation is 1. The first-order valence-electron chi connectivity index (χ1n) is 6.55. The lowest BCUT2D eigenvalue weighted by atomic mass is 10.1. The van der Waals surface area contributed by atoms with E-state index < -0.39 is 6.10 Å². The smallest absolute Gasteiger partial charge is 0.147 e. The second-order valence-corrected chi connectivity index (χ2v) is 6.14. The van der Waals surface area contributed by atoms with Gasteiger partial charge >= 0.3 is 0 Å². The van der Waals surface area contributed by atoms with Gasteiger partial charge in [0.05, 0.1) is 22.2 Å². The van der Waals surface area contributed by atoms with Crippen molar-refractivity contribution in [2.45, 2.75) is 25.9 Å². The Labute approximate surface area is 137 Å². The van der Waals surface area contributed by atoms with Gasteiger partial charge in [0.15, 0.2) is 0 Å². The zero-order chi connectivity index (χ0) is 15.0. The van der Waals surface area contributed by atoms with E-state index in [-0.39, 0.29) is 13.2 Å². The van der Waals surface area contributed by atoms with Crippen LogP contribution < -0.4 is 4.74 Å². The van der Waals surface area contributed by atoms with Crippen LogP contribution in [0, 0.1) is 0 Å². The van der Waals surface area contributed by atoms with Crippen molar-refractivity contribution in [3.8, 4) is 5.75 Å². The van der Waals surface area contributed by atoms with Crippen molar-refractivity contribution in [1.82, 2.24) is 0 Å². The van der Waals surface area contributed by atoms with E-state index >= 15 is 0 Å². The van der Waals surface area contributed by atoms with Gasteiger partial charge in [0, 0.05) is 0 Å². The Morgan fingerprint density at radius 1 is 1.30 bits per heavy atom. The maximum atomic E-state index is 9.74. The number of halogens is 2. The maximum absolute atomic E-state index is 9.74. The molecule has 0 aromatic heterocycles. The van der Waals surface area contributed by atoms with Crippen LogP contribution in [0.4, 0.5) is 0 Å². The lowest BCUT2D eigenvalue weighted by Gasteiger charge is -2.15. The van der Waals surface area contributed by atoms with Crippen LogP contribution in [-0.4, -0.2) is 31.0 Å². The summed E-state index contributed by atoms with van der Waals surface area (Å²) < 4.78 is 12.6. The normalized spacial score (nSPS) is 12.2. The topological polar surface area (TPSA) is 38.7 Å². The fourth-order valence-electron chi connectivity index (χ4n) is 1.70. The molecule has 1 unspecified atom stereocenters. The van der Waals surface area contributed by atoms with E-state index in [2.05, 4.69) is 45.4 Å². The summed E-state index contributed by atoms with van der Waals surface area (Å²) in [6, 6.07) is 4.09. The van der Waals surface area contributed by atoms with Gasteiger partial charge in [-0.05, 0) is 56.0 Å². The van der Waals surface area contributed by atoms with Crippen molar-refractivity contribution >= 4 is 31.9 Å². The van der Waals surface area contributed by atoms with E-state index in [0.29, 0.717) is 12.4 Å². The predicted molar refractivity (Wildman–Crippen MR) is 88.4 cm³/mol. The number of aliphatic hydroxyl groups is 1. The van der Waals surface area contributed by atoms with Crippen molar-refractivity contribution in [3.63, 3.8) is 0 Å². The fraction of sp³-hybridized carbons (Fsp3) is 0.467. The minimum Gasteiger partial charge on any atom is -0.488 e. The highest BCUT2D eigenvalue weighted by atomic mass is 79.9. The molecule has 0 amide bonds. The molecule has 0 radical (unpaired) electrons. The summed E-state index contributed by atoms with van der Waals surface area (Å²) in [5.41, 5.74) is 1.24. The number of hydrogen-bond acceptors (Lipinski definition) is 3. The molecule has 20 heavy (non-hydrogen) atoms. The van der Waals surface area contributed by atoms with Crippen LogP contribution >= 0.6 is 31.9 Å². The van der Waals surface area contributed by atoms with Gasteiger partial charge in [0.2, 0.25) is 0 Å². The lowest BCUT2D eigenvalue weighted by molar-refractivity contribution is 0.0210. The minimum atomic E-state index is -0.663. The van der Waals surface area contributed by atoms with Crippen molar-refractivity contribution < 1.29 is 14.6 Å². The molecule has 0 fully saturated rings. The molecule has 0 spiro atoms. The number of ether oxygens (including phenoxy) is 2. The summed E-state index contributed by atoms with van der Waals surface area (Å²) >= 11 is 7.00. The van der Waals surface area contributed by atoms with Crippen LogP contribution in [-0.2, 0) is 11.2 Å². The molecule has 112 valence electrons. The van der Waals surface area contributed by atoms with Crippen LogP contribution in [0.15, 0.2) is 33.7 Å². The summed E-state index contributed by atoms with van der Waals surface area (Å²) in [4.78, 5) is 0. The van der Waals surface area contributed by atoms with E-state index in [9.17, 15) is 5.11 Å². The zero-order valence-corrected chi connectivity index (χ0v) is 14.7. The van der Waals surface area contributed by atoms with Crippen LogP contribution in [0.3, 0.4) is 0 Å². The van der Waals surface area contributed by atoms with E-state index in [4.69, 9.17) is 9.47 Å². The van der Waals surface area contributed by atoms with Gasteiger partial charge in [-0.1, -0.05) is 19.4 Å². The first kappa shape index (κ1) is 17.7. The Morgan fingerprint density at radius 3 is 2.50 bits per heavy atom. The van der Waals surface area contributed by atoms with E-state index in [1.165, 1.54) is 5.56 Å². The molecule has 1 aromatic rings. The van der Waals surface area contributed by atoms with E-state index in [1.807, 2.05) is 12.1 Å². The fourth-order valence-corrected chi connectivity index (χ4v) is 3.21. The number of rotatable bonds is 9. The molecule has 1 rings (SSSR count). The van der Waals surface area contributed by atoms with Crippen molar-refractivity contribution in [3.05, 3.63) is 39.3 Å². The Balaban J connectivity index is 2.57. The molecule has 5 heteroatoms.